The molecule has 1 heterocycles. The molecule has 0 aliphatic heterocycles. The average molecular weight is 417 g/mol. The molecular weight excluding hydrogens is 396 g/mol. The summed E-state index contributed by atoms with van der Waals surface area (Å²) in [5, 5.41) is 11.8. The first-order chi connectivity index (χ1) is 13.3. The van der Waals surface area contributed by atoms with Crippen LogP contribution in [0.15, 0.2) is 54.6 Å². The summed E-state index contributed by atoms with van der Waals surface area (Å²) >= 11 is 1.23. The first-order valence-corrected chi connectivity index (χ1v) is 11.1. The Bertz CT molecular complexity index is 1060. The van der Waals surface area contributed by atoms with Gasteiger partial charge in [0.25, 0.3) is 0 Å². The second-order valence-corrected chi connectivity index (χ2v) is 9.38. The highest BCUT2D eigenvalue weighted by Gasteiger charge is 2.31. The van der Waals surface area contributed by atoms with Crippen LogP contribution >= 0.6 is 11.3 Å². The van der Waals surface area contributed by atoms with Crippen molar-refractivity contribution in [2.75, 3.05) is 18.6 Å². The van der Waals surface area contributed by atoms with Gasteiger partial charge in [0.05, 0.1) is 6.26 Å². The predicted molar refractivity (Wildman–Crippen MR) is 111 cm³/mol. The van der Waals surface area contributed by atoms with E-state index in [1.165, 1.54) is 18.4 Å². The van der Waals surface area contributed by atoms with Gasteiger partial charge < -0.3 is 0 Å². The van der Waals surface area contributed by atoms with E-state index in [4.69, 9.17) is 0 Å². The van der Waals surface area contributed by atoms with Crippen molar-refractivity contribution in [1.82, 2.24) is 14.5 Å². The van der Waals surface area contributed by atoms with Gasteiger partial charge in [-0.15, -0.1) is 10.2 Å². The maximum atomic E-state index is 12.9. The Morgan fingerprint density at radius 3 is 2.32 bits per heavy atom. The Morgan fingerprint density at radius 2 is 1.71 bits per heavy atom. The van der Waals surface area contributed by atoms with Gasteiger partial charge in [-0.1, -0.05) is 71.5 Å². The molecule has 0 saturated carbocycles. The molecule has 1 atom stereocenters. The summed E-state index contributed by atoms with van der Waals surface area (Å²) in [6.07, 6.45) is 1.07. The molecule has 1 N–H and O–H groups in total. The summed E-state index contributed by atoms with van der Waals surface area (Å²) in [5.41, 5.74) is 2.60. The first kappa shape index (κ1) is 20.1. The molecule has 0 fully saturated rings. The van der Waals surface area contributed by atoms with E-state index in [1.54, 1.807) is 30.3 Å². The number of carbonyl (C=O) groups excluding carboxylic acids is 1. The predicted octanol–water partition coefficient (Wildman–Crippen LogP) is 3.08. The van der Waals surface area contributed by atoms with Crippen molar-refractivity contribution in [2.45, 2.75) is 13.0 Å². The number of nitrogens with one attached hydrogen (secondary N) is 1. The fourth-order valence-corrected chi connectivity index (χ4v) is 3.97. The largest absolute Gasteiger partial charge is 0.299 e. The van der Waals surface area contributed by atoms with Crippen molar-refractivity contribution in [3.8, 4) is 10.6 Å². The third-order valence-corrected chi connectivity index (χ3v) is 6.35. The van der Waals surface area contributed by atoms with E-state index in [1.807, 2.05) is 31.2 Å². The third-order valence-electron chi connectivity index (χ3n) is 4.20. The van der Waals surface area contributed by atoms with Gasteiger partial charge >= 0.3 is 0 Å². The molecule has 28 heavy (non-hydrogen) atoms. The summed E-state index contributed by atoms with van der Waals surface area (Å²) in [6.45, 7) is 2.00. The van der Waals surface area contributed by atoms with Gasteiger partial charge in [0.1, 0.15) is 11.0 Å². The second-order valence-electron chi connectivity index (χ2n) is 6.36. The number of rotatable bonds is 6. The molecule has 9 heteroatoms. The lowest BCUT2D eigenvalue weighted by Crippen LogP contribution is -2.38. The molecule has 0 saturated heterocycles. The van der Waals surface area contributed by atoms with Crippen LogP contribution in [0.4, 0.5) is 5.13 Å². The zero-order chi connectivity index (χ0) is 20.3. The molecule has 2 aromatic carbocycles. The number of likely N-dealkylation sites (N-methyl/N-ethyl adjacent to an activating group) is 1. The molecule has 1 aromatic heterocycles. The fraction of sp³-hybridized carbons (Fsp3) is 0.211. The first-order valence-electron chi connectivity index (χ1n) is 8.45. The molecule has 0 spiro atoms. The van der Waals surface area contributed by atoms with Crippen LogP contribution in [0.1, 0.15) is 17.2 Å². The molecule has 0 radical (unpaired) electrons. The van der Waals surface area contributed by atoms with E-state index in [0.29, 0.717) is 15.7 Å². The van der Waals surface area contributed by atoms with Crippen molar-refractivity contribution >= 4 is 32.4 Å². The monoisotopic (exact) mass is 416 g/mol. The molecule has 1 unspecified atom stereocenters. The quantitative estimate of drug-likeness (QED) is 0.667. The molecule has 7 nitrogen and oxygen atoms in total. The molecule has 1 amide bonds. The minimum Gasteiger partial charge on any atom is -0.299 e. The van der Waals surface area contributed by atoms with Crippen LogP contribution in [0, 0.1) is 6.92 Å². The van der Waals surface area contributed by atoms with Crippen LogP contribution < -0.4 is 5.32 Å². The average Bonchev–Trinajstić information content (AvgIpc) is 3.11. The van der Waals surface area contributed by atoms with Crippen molar-refractivity contribution in [2.24, 2.45) is 0 Å². The number of benzene rings is 2. The van der Waals surface area contributed by atoms with Crippen LogP contribution in [-0.4, -0.2) is 42.1 Å². The van der Waals surface area contributed by atoms with Crippen LogP contribution in [0.25, 0.3) is 10.6 Å². The summed E-state index contributed by atoms with van der Waals surface area (Å²) in [4.78, 5) is 12.9. The molecule has 146 valence electrons. The smallest absolute Gasteiger partial charge is 0.249 e. The Kier molecular flexibility index (Phi) is 5.87. The Labute approximate surface area is 168 Å². The highest BCUT2D eigenvalue weighted by Crippen LogP contribution is 2.28. The fourth-order valence-electron chi connectivity index (χ4n) is 2.61. The molecule has 0 aliphatic carbocycles. The van der Waals surface area contributed by atoms with E-state index in [9.17, 15) is 13.2 Å². The molecule has 3 aromatic rings. The van der Waals surface area contributed by atoms with Crippen molar-refractivity contribution in [3.63, 3.8) is 0 Å². The number of aryl methyl sites for hydroxylation is 1. The second kappa shape index (κ2) is 8.17. The lowest BCUT2D eigenvalue weighted by Gasteiger charge is -2.25. The van der Waals surface area contributed by atoms with Crippen molar-refractivity contribution in [3.05, 3.63) is 65.7 Å². The maximum Gasteiger partial charge on any atom is 0.249 e. The van der Waals surface area contributed by atoms with E-state index in [0.717, 1.165) is 21.7 Å². The number of aromatic nitrogens is 2. The van der Waals surface area contributed by atoms with Gasteiger partial charge in [0.15, 0.2) is 0 Å². The number of nitrogens with zero attached hydrogens (tertiary/aromatic N) is 3. The number of hydrogen-bond donors (Lipinski definition) is 1. The number of hydrogen-bond acceptors (Lipinski definition) is 6. The van der Waals surface area contributed by atoms with Gasteiger partial charge in [-0.3, -0.25) is 10.1 Å². The number of carbonyl (C=O) groups is 1. The number of anilines is 1. The van der Waals surface area contributed by atoms with Crippen LogP contribution in [0.5, 0.6) is 0 Å². The van der Waals surface area contributed by atoms with E-state index >= 15 is 0 Å². The normalized spacial score (nSPS) is 12.7. The Hall–Kier alpha value is -2.62. The van der Waals surface area contributed by atoms with Crippen molar-refractivity contribution < 1.29 is 13.2 Å². The zero-order valence-electron chi connectivity index (χ0n) is 15.7. The Morgan fingerprint density at radius 1 is 1.07 bits per heavy atom. The van der Waals surface area contributed by atoms with Crippen molar-refractivity contribution in [1.29, 1.82) is 0 Å². The van der Waals surface area contributed by atoms with Gasteiger partial charge in [-0.05, 0) is 12.5 Å². The zero-order valence-corrected chi connectivity index (χ0v) is 17.3. The maximum absolute atomic E-state index is 12.9. The Balaban J connectivity index is 1.85. The molecule has 0 bridgehead atoms. The van der Waals surface area contributed by atoms with Gasteiger partial charge in [-0.2, -0.15) is 4.31 Å². The SMILES string of the molecule is Cc1ccc(-c2nnc(NC(=O)C(c3ccccc3)N(C)S(C)(=O)=O)s2)cc1. The summed E-state index contributed by atoms with van der Waals surface area (Å²) in [6, 6.07) is 15.5. The van der Waals surface area contributed by atoms with Gasteiger partial charge in [0.2, 0.25) is 21.1 Å². The van der Waals surface area contributed by atoms with Crippen LogP contribution in [0.2, 0.25) is 0 Å². The van der Waals surface area contributed by atoms with Crippen LogP contribution in [-0.2, 0) is 14.8 Å². The molecule has 0 aliphatic rings. The van der Waals surface area contributed by atoms with Crippen LogP contribution in [0.3, 0.4) is 0 Å². The lowest BCUT2D eigenvalue weighted by molar-refractivity contribution is -0.119. The van der Waals surface area contributed by atoms with Gasteiger partial charge in [0, 0.05) is 12.6 Å². The molecule has 3 rings (SSSR count). The third kappa shape index (κ3) is 4.61. The summed E-state index contributed by atoms with van der Waals surface area (Å²) in [7, 11) is -2.21. The minimum atomic E-state index is -3.59. The minimum absolute atomic E-state index is 0.309. The standard InChI is InChI=1S/C19H20N4O3S2/c1-13-9-11-15(12-10-13)18-21-22-19(27-18)20-17(24)16(23(2)28(3,25)26)14-7-5-4-6-8-14/h4-12,16H,1-3H3,(H,20,22,24). The topological polar surface area (TPSA) is 92.3 Å². The van der Waals surface area contributed by atoms with E-state index < -0.39 is 22.0 Å². The van der Waals surface area contributed by atoms with E-state index in [2.05, 4.69) is 15.5 Å². The number of amides is 1. The lowest BCUT2D eigenvalue weighted by atomic mass is 10.1. The van der Waals surface area contributed by atoms with Gasteiger partial charge in [-0.25, -0.2) is 8.42 Å². The highest BCUT2D eigenvalue weighted by molar-refractivity contribution is 7.88. The summed E-state index contributed by atoms with van der Waals surface area (Å²) in [5.74, 6) is -0.495. The summed E-state index contributed by atoms with van der Waals surface area (Å²) < 4.78 is 25.1. The molecular formula is C19H20N4O3S2. The van der Waals surface area contributed by atoms with E-state index in [-0.39, 0.29) is 0 Å². The highest BCUT2D eigenvalue weighted by atomic mass is 32.2. The number of sulfonamides is 1.